The SMILES string of the molecule is CCCCNc1nc(C)cc(C(=O)Nc2ccc(OCc3ccccc3)cc2)n1. The third-order valence-electron chi connectivity index (χ3n) is 4.26. The summed E-state index contributed by atoms with van der Waals surface area (Å²) < 4.78 is 5.77. The van der Waals surface area contributed by atoms with E-state index in [0.29, 0.717) is 23.9 Å². The maximum absolute atomic E-state index is 12.6. The summed E-state index contributed by atoms with van der Waals surface area (Å²) in [5, 5.41) is 6.03. The number of anilines is 2. The van der Waals surface area contributed by atoms with E-state index in [2.05, 4.69) is 27.5 Å². The second-order valence-corrected chi connectivity index (χ2v) is 6.75. The van der Waals surface area contributed by atoms with Gasteiger partial charge in [-0.3, -0.25) is 4.79 Å². The highest BCUT2D eigenvalue weighted by Gasteiger charge is 2.11. The number of ether oxygens (including phenoxy) is 1. The Hall–Kier alpha value is -3.41. The fourth-order valence-corrected chi connectivity index (χ4v) is 2.71. The lowest BCUT2D eigenvalue weighted by atomic mass is 10.2. The van der Waals surface area contributed by atoms with E-state index in [0.717, 1.165) is 36.4 Å². The molecule has 1 amide bonds. The number of carbonyl (C=O) groups is 1. The van der Waals surface area contributed by atoms with Crippen molar-refractivity contribution in [3.63, 3.8) is 0 Å². The lowest BCUT2D eigenvalue weighted by Crippen LogP contribution is -2.16. The van der Waals surface area contributed by atoms with Crippen molar-refractivity contribution < 1.29 is 9.53 Å². The predicted molar refractivity (Wildman–Crippen MR) is 115 cm³/mol. The molecular formula is C23H26N4O2. The molecule has 0 aliphatic rings. The molecule has 0 unspecified atom stereocenters. The summed E-state index contributed by atoms with van der Waals surface area (Å²) in [6, 6.07) is 18.9. The van der Waals surface area contributed by atoms with Crippen LogP contribution in [0.3, 0.4) is 0 Å². The van der Waals surface area contributed by atoms with Crippen molar-refractivity contribution in [3.8, 4) is 5.75 Å². The average molecular weight is 390 g/mol. The lowest BCUT2D eigenvalue weighted by Gasteiger charge is -2.10. The largest absolute Gasteiger partial charge is 0.489 e. The summed E-state index contributed by atoms with van der Waals surface area (Å²) in [7, 11) is 0. The van der Waals surface area contributed by atoms with Crippen molar-refractivity contribution in [1.29, 1.82) is 0 Å². The fraction of sp³-hybridized carbons (Fsp3) is 0.261. The van der Waals surface area contributed by atoms with Crippen molar-refractivity contribution in [2.45, 2.75) is 33.3 Å². The van der Waals surface area contributed by atoms with Crippen molar-refractivity contribution in [1.82, 2.24) is 9.97 Å². The molecule has 3 aromatic rings. The van der Waals surface area contributed by atoms with Crippen molar-refractivity contribution >= 4 is 17.5 Å². The Morgan fingerprint density at radius 1 is 1.03 bits per heavy atom. The maximum atomic E-state index is 12.6. The number of aryl methyl sites for hydroxylation is 1. The summed E-state index contributed by atoms with van der Waals surface area (Å²) in [6.45, 7) is 5.25. The molecule has 0 bridgehead atoms. The predicted octanol–water partition coefficient (Wildman–Crippen LogP) is 4.83. The van der Waals surface area contributed by atoms with Gasteiger partial charge in [-0.15, -0.1) is 0 Å². The summed E-state index contributed by atoms with van der Waals surface area (Å²) in [5.41, 5.74) is 2.86. The molecule has 1 heterocycles. The number of unbranched alkanes of at least 4 members (excludes halogenated alkanes) is 1. The molecule has 6 nitrogen and oxygen atoms in total. The van der Waals surface area contributed by atoms with E-state index in [-0.39, 0.29) is 5.91 Å². The number of nitrogens with zero attached hydrogens (tertiary/aromatic N) is 2. The first-order chi connectivity index (χ1) is 14.1. The van der Waals surface area contributed by atoms with Crippen LogP contribution in [0.25, 0.3) is 0 Å². The second-order valence-electron chi connectivity index (χ2n) is 6.75. The number of hydrogen-bond donors (Lipinski definition) is 2. The lowest BCUT2D eigenvalue weighted by molar-refractivity contribution is 0.102. The first-order valence-corrected chi connectivity index (χ1v) is 9.81. The first-order valence-electron chi connectivity index (χ1n) is 9.81. The number of aromatic nitrogens is 2. The van der Waals surface area contributed by atoms with Crippen molar-refractivity contribution in [2.24, 2.45) is 0 Å². The molecule has 2 aromatic carbocycles. The van der Waals surface area contributed by atoms with E-state index in [1.807, 2.05) is 61.5 Å². The monoisotopic (exact) mass is 390 g/mol. The van der Waals surface area contributed by atoms with E-state index in [1.54, 1.807) is 6.07 Å². The Bertz CT molecular complexity index is 927. The molecule has 1 aromatic heterocycles. The number of nitrogens with one attached hydrogen (secondary N) is 2. The Morgan fingerprint density at radius 3 is 2.52 bits per heavy atom. The molecule has 0 radical (unpaired) electrons. The highest BCUT2D eigenvalue weighted by molar-refractivity contribution is 6.03. The molecule has 0 aliphatic heterocycles. The van der Waals surface area contributed by atoms with Crippen LogP contribution >= 0.6 is 0 Å². The smallest absolute Gasteiger partial charge is 0.274 e. The van der Waals surface area contributed by atoms with Gasteiger partial charge in [-0.2, -0.15) is 0 Å². The number of amides is 1. The van der Waals surface area contributed by atoms with Crippen LogP contribution in [0.2, 0.25) is 0 Å². The minimum atomic E-state index is -0.271. The zero-order chi connectivity index (χ0) is 20.5. The molecule has 29 heavy (non-hydrogen) atoms. The zero-order valence-electron chi connectivity index (χ0n) is 16.8. The molecule has 0 saturated carbocycles. The van der Waals surface area contributed by atoms with E-state index >= 15 is 0 Å². The van der Waals surface area contributed by atoms with Crippen LogP contribution in [0.15, 0.2) is 60.7 Å². The van der Waals surface area contributed by atoms with Gasteiger partial charge in [-0.25, -0.2) is 9.97 Å². The fourth-order valence-electron chi connectivity index (χ4n) is 2.71. The highest BCUT2D eigenvalue weighted by Crippen LogP contribution is 2.18. The molecule has 0 fully saturated rings. The first kappa shape index (κ1) is 20.3. The van der Waals surface area contributed by atoms with Gasteiger partial charge >= 0.3 is 0 Å². The molecule has 3 rings (SSSR count). The number of carbonyl (C=O) groups excluding carboxylic acids is 1. The standard InChI is InChI=1S/C23H26N4O2/c1-3-4-14-24-23-25-17(2)15-21(27-23)22(28)26-19-10-12-20(13-11-19)29-16-18-8-6-5-7-9-18/h5-13,15H,3-4,14,16H2,1-2H3,(H,26,28)(H,24,25,27). The van der Waals surface area contributed by atoms with Gasteiger partial charge < -0.3 is 15.4 Å². The number of rotatable bonds is 9. The van der Waals surface area contributed by atoms with Gasteiger partial charge in [0.05, 0.1) is 0 Å². The van der Waals surface area contributed by atoms with Crippen molar-refractivity contribution in [2.75, 3.05) is 17.2 Å². The summed E-state index contributed by atoms with van der Waals surface area (Å²) in [6.07, 6.45) is 2.11. The van der Waals surface area contributed by atoms with Crippen LogP contribution in [0.5, 0.6) is 5.75 Å². The van der Waals surface area contributed by atoms with Crippen LogP contribution in [0.1, 0.15) is 41.5 Å². The number of benzene rings is 2. The molecule has 0 atom stereocenters. The van der Waals surface area contributed by atoms with E-state index in [9.17, 15) is 4.79 Å². The van der Waals surface area contributed by atoms with Gasteiger partial charge in [0.2, 0.25) is 5.95 Å². The third-order valence-corrected chi connectivity index (χ3v) is 4.26. The van der Waals surface area contributed by atoms with E-state index in [1.165, 1.54) is 0 Å². The minimum Gasteiger partial charge on any atom is -0.489 e. The number of hydrogen-bond acceptors (Lipinski definition) is 5. The molecule has 0 aliphatic carbocycles. The van der Waals surface area contributed by atoms with Crippen LogP contribution < -0.4 is 15.4 Å². The van der Waals surface area contributed by atoms with Gasteiger partial charge in [0, 0.05) is 17.9 Å². The normalized spacial score (nSPS) is 10.4. The molecular weight excluding hydrogens is 364 g/mol. The Kier molecular flexibility index (Phi) is 7.16. The van der Waals surface area contributed by atoms with E-state index in [4.69, 9.17) is 4.74 Å². The van der Waals surface area contributed by atoms with Gasteiger partial charge in [-0.05, 0) is 49.2 Å². The molecule has 2 N–H and O–H groups in total. The maximum Gasteiger partial charge on any atom is 0.274 e. The van der Waals surface area contributed by atoms with Gasteiger partial charge in [0.25, 0.3) is 5.91 Å². The quantitative estimate of drug-likeness (QED) is 0.512. The van der Waals surface area contributed by atoms with Gasteiger partial charge in [0.15, 0.2) is 0 Å². The Labute approximate surface area is 171 Å². The van der Waals surface area contributed by atoms with Crippen LogP contribution in [-0.2, 0) is 6.61 Å². The molecule has 0 saturated heterocycles. The highest BCUT2D eigenvalue weighted by atomic mass is 16.5. The minimum absolute atomic E-state index is 0.271. The van der Waals surface area contributed by atoms with Crippen LogP contribution in [0, 0.1) is 6.92 Å². The third kappa shape index (κ3) is 6.31. The zero-order valence-corrected chi connectivity index (χ0v) is 16.8. The Balaban J connectivity index is 1.58. The average Bonchev–Trinajstić information content (AvgIpc) is 2.74. The second kappa shape index (κ2) is 10.2. The molecule has 6 heteroatoms. The summed E-state index contributed by atoms with van der Waals surface area (Å²) in [4.78, 5) is 21.2. The molecule has 0 spiro atoms. The molecule has 150 valence electrons. The Morgan fingerprint density at radius 2 is 1.79 bits per heavy atom. The topological polar surface area (TPSA) is 76.1 Å². The van der Waals surface area contributed by atoms with E-state index < -0.39 is 0 Å². The van der Waals surface area contributed by atoms with Crippen molar-refractivity contribution in [3.05, 3.63) is 77.6 Å². The van der Waals surface area contributed by atoms with Crippen LogP contribution in [-0.4, -0.2) is 22.4 Å². The van der Waals surface area contributed by atoms with Gasteiger partial charge in [-0.1, -0.05) is 43.7 Å². The van der Waals surface area contributed by atoms with Crippen LogP contribution in [0.4, 0.5) is 11.6 Å². The summed E-state index contributed by atoms with van der Waals surface area (Å²) in [5.74, 6) is 0.951. The van der Waals surface area contributed by atoms with Gasteiger partial charge in [0.1, 0.15) is 18.1 Å². The summed E-state index contributed by atoms with van der Waals surface area (Å²) >= 11 is 0.